The molecule has 0 radical (unpaired) electrons. The van der Waals surface area contributed by atoms with Crippen LogP contribution in [0.4, 0.5) is 0 Å². The van der Waals surface area contributed by atoms with E-state index in [9.17, 15) is 4.79 Å². The normalized spacial score (nSPS) is 10.6. The van der Waals surface area contributed by atoms with Crippen LogP contribution in [0.5, 0.6) is 0 Å². The van der Waals surface area contributed by atoms with Crippen LogP contribution in [0.1, 0.15) is 16.1 Å². The molecule has 0 bridgehead atoms. The molecule has 2 aromatic carbocycles. The van der Waals surface area contributed by atoms with Crippen LogP contribution in [0.2, 0.25) is 5.02 Å². The minimum atomic E-state index is 0.304. The Bertz CT molecular complexity index is 794. The van der Waals surface area contributed by atoms with E-state index in [1.54, 1.807) is 16.8 Å². The quantitative estimate of drug-likeness (QED) is 0.692. The molecule has 1 heterocycles. The van der Waals surface area contributed by atoms with Gasteiger partial charge in [0.05, 0.1) is 5.69 Å². The van der Waals surface area contributed by atoms with Gasteiger partial charge in [0.1, 0.15) is 5.69 Å². The van der Waals surface area contributed by atoms with E-state index in [1.807, 2.05) is 43.3 Å². The molecule has 0 saturated carbocycles. The molecular weight excluding hydrogens is 286 g/mol. The average Bonchev–Trinajstić information content (AvgIpc) is 2.92. The van der Waals surface area contributed by atoms with Gasteiger partial charge in [-0.2, -0.15) is 0 Å². The lowest BCUT2D eigenvalue weighted by Gasteiger charge is -2.08. The summed E-state index contributed by atoms with van der Waals surface area (Å²) in [5.41, 5.74) is 3.78. The Kier molecular flexibility index (Phi) is 3.54. The van der Waals surface area contributed by atoms with Crippen LogP contribution in [0, 0.1) is 6.92 Å². The van der Waals surface area contributed by atoms with E-state index in [1.165, 1.54) is 0 Å². The number of carbonyl (C=O) groups excluding carboxylic acids is 1. The lowest BCUT2D eigenvalue weighted by Crippen LogP contribution is -2.00. The Labute approximate surface area is 127 Å². The van der Waals surface area contributed by atoms with Gasteiger partial charge in [-0.1, -0.05) is 41.1 Å². The van der Waals surface area contributed by atoms with Crippen LogP contribution in [0.15, 0.2) is 48.5 Å². The SMILES string of the molecule is Cc1cccc(-n2nnc(C=O)c2-c2ccc(Cl)cc2)c1. The first-order valence-corrected chi connectivity index (χ1v) is 6.80. The van der Waals surface area contributed by atoms with E-state index < -0.39 is 0 Å². The third-order valence-corrected chi connectivity index (χ3v) is 3.42. The minimum absolute atomic E-state index is 0.304. The van der Waals surface area contributed by atoms with Gasteiger partial charge in [0, 0.05) is 10.6 Å². The van der Waals surface area contributed by atoms with Gasteiger partial charge in [0.25, 0.3) is 0 Å². The predicted molar refractivity (Wildman–Crippen MR) is 81.9 cm³/mol. The highest BCUT2D eigenvalue weighted by Crippen LogP contribution is 2.26. The van der Waals surface area contributed by atoms with Gasteiger partial charge in [0.15, 0.2) is 12.0 Å². The second kappa shape index (κ2) is 5.50. The molecule has 0 amide bonds. The molecule has 5 heteroatoms. The molecule has 0 unspecified atom stereocenters. The zero-order valence-electron chi connectivity index (χ0n) is 11.3. The number of aryl methyl sites for hydroxylation is 1. The second-order valence-electron chi connectivity index (χ2n) is 4.70. The second-order valence-corrected chi connectivity index (χ2v) is 5.14. The van der Waals surface area contributed by atoms with Crippen molar-refractivity contribution in [2.75, 3.05) is 0 Å². The molecular formula is C16H12ClN3O. The van der Waals surface area contributed by atoms with Crippen molar-refractivity contribution in [3.63, 3.8) is 0 Å². The van der Waals surface area contributed by atoms with Crippen molar-refractivity contribution < 1.29 is 4.79 Å². The topological polar surface area (TPSA) is 47.8 Å². The number of halogens is 1. The summed E-state index contributed by atoms with van der Waals surface area (Å²) in [4.78, 5) is 11.2. The van der Waals surface area contributed by atoms with Crippen molar-refractivity contribution in [2.24, 2.45) is 0 Å². The molecule has 0 aliphatic heterocycles. The molecule has 3 aromatic rings. The largest absolute Gasteiger partial charge is 0.296 e. The van der Waals surface area contributed by atoms with Crippen molar-refractivity contribution in [3.05, 3.63) is 64.8 Å². The summed E-state index contributed by atoms with van der Waals surface area (Å²) in [6, 6.07) is 15.1. The van der Waals surface area contributed by atoms with E-state index in [0.29, 0.717) is 22.7 Å². The molecule has 0 atom stereocenters. The van der Waals surface area contributed by atoms with Gasteiger partial charge in [0.2, 0.25) is 0 Å². The lowest BCUT2D eigenvalue weighted by molar-refractivity contribution is 0.111. The third-order valence-electron chi connectivity index (χ3n) is 3.17. The molecule has 0 spiro atoms. The third kappa shape index (κ3) is 2.58. The Balaban J connectivity index is 2.21. The minimum Gasteiger partial charge on any atom is -0.296 e. The Hall–Kier alpha value is -2.46. The number of rotatable bonds is 3. The first-order valence-electron chi connectivity index (χ1n) is 6.43. The molecule has 0 saturated heterocycles. The van der Waals surface area contributed by atoms with E-state index in [4.69, 9.17) is 11.6 Å². The molecule has 4 nitrogen and oxygen atoms in total. The monoisotopic (exact) mass is 297 g/mol. The molecule has 0 aliphatic rings. The van der Waals surface area contributed by atoms with Crippen molar-refractivity contribution >= 4 is 17.9 Å². The first kappa shape index (κ1) is 13.5. The molecule has 0 fully saturated rings. The summed E-state index contributed by atoms with van der Waals surface area (Å²) >= 11 is 5.92. The van der Waals surface area contributed by atoms with Gasteiger partial charge < -0.3 is 0 Å². The maximum Gasteiger partial charge on any atom is 0.172 e. The van der Waals surface area contributed by atoms with Gasteiger partial charge in [-0.3, -0.25) is 4.79 Å². The number of benzene rings is 2. The average molecular weight is 298 g/mol. The summed E-state index contributed by atoms with van der Waals surface area (Å²) in [5.74, 6) is 0. The predicted octanol–water partition coefficient (Wildman–Crippen LogP) is 3.71. The number of aromatic nitrogens is 3. The zero-order valence-corrected chi connectivity index (χ0v) is 12.1. The lowest BCUT2D eigenvalue weighted by atomic mass is 10.1. The van der Waals surface area contributed by atoms with Crippen LogP contribution in [0.25, 0.3) is 16.9 Å². The van der Waals surface area contributed by atoms with Crippen molar-refractivity contribution in [3.8, 4) is 16.9 Å². The smallest absolute Gasteiger partial charge is 0.172 e. The van der Waals surface area contributed by atoms with Crippen LogP contribution in [-0.2, 0) is 0 Å². The number of aldehydes is 1. The van der Waals surface area contributed by atoms with Gasteiger partial charge in [-0.15, -0.1) is 5.10 Å². The van der Waals surface area contributed by atoms with E-state index >= 15 is 0 Å². The Morgan fingerprint density at radius 2 is 1.90 bits per heavy atom. The summed E-state index contributed by atoms with van der Waals surface area (Å²) in [6.07, 6.45) is 0.712. The van der Waals surface area contributed by atoms with Crippen molar-refractivity contribution in [1.82, 2.24) is 15.0 Å². The van der Waals surface area contributed by atoms with E-state index in [2.05, 4.69) is 10.3 Å². The fourth-order valence-corrected chi connectivity index (χ4v) is 2.32. The molecule has 0 aliphatic carbocycles. The van der Waals surface area contributed by atoms with Crippen LogP contribution >= 0.6 is 11.6 Å². The van der Waals surface area contributed by atoms with E-state index in [-0.39, 0.29) is 0 Å². The number of carbonyl (C=O) groups is 1. The van der Waals surface area contributed by atoms with Crippen LogP contribution in [-0.4, -0.2) is 21.3 Å². The Morgan fingerprint density at radius 1 is 1.14 bits per heavy atom. The zero-order chi connectivity index (χ0) is 14.8. The molecule has 0 N–H and O–H groups in total. The molecule has 3 rings (SSSR count). The molecule has 21 heavy (non-hydrogen) atoms. The van der Waals surface area contributed by atoms with Crippen molar-refractivity contribution in [2.45, 2.75) is 6.92 Å². The van der Waals surface area contributed by atoms with Crippen LogP contribution in [0.3, 0.4) is 0 Å². The number of nitrogens with zero attached hydrogens (tertiary/aromatic N) is 3. The van der Waals surface area contributed by atoms with E-state index in [0.717, 1.165) is 16.8 Å². The fourth-order valence-electron chi connectivity index (χ4n) is 2.19. The summed E-state index contributed by atoms with van der Waals surface area (Å²) in [6.45, 7) is 2.00. The molecule has 1 aromatic heterocycles. The van der Waals surface area contributed by atoms with Crippen molar-refractivity contribution in [1.29, 1.82) is 0 Å². The standard InChI is InChI=1S/C16H12ClN3O/c1-11-3-2-4-14(9-11)20-16(15(10-21)18-19-20)12-5-7-13(17)8-6-12/h2-10H,1H3. The first-order chi connectivity index (χ1) is 10.2. The number of hydrogen-bond donors (Lipinski definition) is 0. The fraction of sp³-hybridized carbons (Fsp3) is 0.0625. The van der Waals surface area contributed by atoms with Gasteiger partial charge in [-0.25, -0.2) is 4.68 Å². The van der Waals surface area contributed by atoms with Gasteiger partial charge in [-0.05, 0) is 36.8 Å². The Morgan fingerprint density at radius 3 is 2.57 bits per heavy atom. The summed E-state index contributed by atoms with van der Waals surface area (Å²) in [7, 11) is 0. The maximum atomic E-state index is 11.2. The summed E-state index contributed by atoms with van der Waals surface area (Å²) in [5, 5.41) is 8.69. The maximum absolute atomic E-state index is 11.2. The summed E-state index contributed by atoms with van der Waals surface area (Å²) < 4.78 is 1.67. The molecule has 104 valence electrons. The number of hydrogen-bond acceptors (Lipinski definition) is 3. The van der Waals surface area contributed by atoms with Gasteiger partial charge >= 0.3 is 0 Å². The highest BCUT2D eigenvalue weighted by molar-refractivity contribution is 6.30. The van der Waals surface area contributed by atoms with Crippen LogP contribution < -0.4 is 0 Å². The highest BCUT2D eigenvalue weighted by atomic mass is 35.5. The highest BCUT2D eigenvalue weighted by Gasteiger charge is 2.15.